The van der Waals surface area contributed by atoms with Crippen LogP contribution in [0.3, 0.4) is 0 Å². The molecule has 7 rings (SSSR count). The molecule has 7 aromatic carbocycles. The summed E-state index contributed by atoms with van der Waals surface area (Å²) in [5.74, 6) is 0. The summed E-state index contributed by atoms with van der Waals surface area (Å²) in [4.78, 5) is 0. The molecule has 0 amide bonds. The van der Waals surface area contributed by atoms with Gasteiger partial charge < -0.3 is 0 Å². The summed E-state index contributed by atoms with van der Waals surface area (Å²) in [5, 5.41) is 10.3. The largest absolute Gasteiger partial charge is 0.0616 e. The fourth-order valence-corrected chi connectivity index (χ4v) is 5.69. The molecule has 0 saturated heterocycles. The molecular weight excluding hydrogens is 420 g/mol. The Morgan fingerprint density at radius 1 is 0.371 bits per heavy atom. The first-order valence-corrected chi connectivity index (χ1v) is 12.2. The number of rotatable bonds is 2. The summed E-state index contributed by atoms with van der Waals surface area (Å²) in [7, 11) is 0. The van der Waals surface area contributed by atoms with Crippen LogP contribution < -0.4 is 0 Å². The Hall–Kier alpha value is -4.42. The fraction of sp³-hybridized carbons (Fsp3) is 0.0286. The number of aryl methyl sites for hydroxylation is 1. The summed E-state index contributed by atoms with van der Waals surface area (Å²) in [5.41, 5.74) is 6.46. The molecule has 0 heteroatoms. The molecule has 0 N–H and O–H groups in total. The lowest BCUT2D eigenvalue weighted by molar-refractivity contribution is 1.51. The van der Waals surface area contributed by atoms with Crippen molar-refractivity contribution in [1.82, 2.24) is 0 Å². The standard InChI is InChI=1S/C35H24/c1-23-17-18-26-22-27(20-19-25(26)21-23)34-30-12-4-6-14-32(30)35(33-15-7-5-13-31(33)34)29-16-8-10-24-9-2-3-11-28(24)29/h2-22H,1H3. The van der Waals surface area contributed by atoms with Crippen molar-refractivity contribution in [1.29, 1.82) is 0 Å². The van der Waals surface area contributed by atoms with Crippen molar-refractivity contribution < 1.29 is 0 Å². The summed E-state index contributed by atoms with van der Waals surface area (Å²) in [6, 6.07) is 46.8. The average molecular weight is 445 g/mol. The van der Waals surface area contributed by atoms with E-state index < -0.39 is 0 Å². The monoisotopic (exact) mass is 444 g/mol. The third-order valence-corrected chi connectivity index (χ3v) is 7.27. The first-order chi connectivity index (χ1) is 17.3. The Labute approximate surface area is 205 Å². The van der Waals surface area contributed by atoms with Gasteiger partial charge in [-0.05, 0) is 78.3 Å². The highest BCUT2D eigenvalue weighted by molar-refractivity contribution is 6.23. The maximum Gasteiger partial charge on any atom is -0.00201 e. The maximum atomic E-state index is 2.35. The van der Waals surface area contributed by atoms with Crippen LogP contribution in [0, 0.1) is 6.92 Å². The number of hydrogen-bond acceptors (Lipinski definition) is 0. The molecule has 0 fully saturated rings. The summed E-state index contributed by atoms with van der Waals surface area (Å²) in [6.45, 7) is 2.15. The Morgan fingerprint density at radius 3 is 1.63 bits per heavy atom. The van der Waals surface area contributed by atoms with E-state index in [-0.39, 0.29) is 0 Å². The second-order valence-electron chi connectivity index (χ2n) is 9.43. The second-order valence-corrected chi connectivity index (χ2v) is 9.43. The smallest absolute Gasteiger partial charge is 0.00201 e. The fourth-order valence-electron chi connectivity index (χ4n) is 5.69. The molecule has 0 aliphatic heterocycles. The van der Waals surface area contributed by atoms with Crippen molar-refractivity contribution in [2.45, 2.75) is 6.92 Å². The molecule has 164 valence electrons. The normalized spacial score (nSPS) is 11.6. The van der Waals surface area contributed by atoms with Crippen LogP contribution in [0.15, 0.2) is 127 Å². The zero-order chi connectivity index (χ0) is 23.4. The van der Waals surface area contributed by atoms with E-state index in [0.717, 1.165) is 0 Å². The van der Waals surface area contributed by atoms with Gasteiger partial charge in [0, 0.05) is 0 Å². The summed E-state index contributed by atoms with van der Waals surface area (Å²) < 4.78 is 0. The van der Waals surface area contributed by atoms with Crippen molar-refractivity contribution in [3.8, 4) is 22.3 Å². The van der Waals surface area contributed by atoms with Crippen molar-refractivity contribution in [2.75, 3.05) is 0 Å². The van der Waals surface area contributed by atoms with Crippen LogP contribution in [0.5, 0.6) is 0 Å². The van der Waals surface area contributed by atoms with Gasteiger partial charge in [0.05, 0.1) is 0 Å². The Balaban J connectivity index is 1.63. The van der Waals surface area contributed by atoms with Crippen LogP contribution in [0.1, 0.15) is 5.56 Å². The zero-order valence-corrected chi connectivity index (χ0v) is 19.6. The summed E-state index contributed by atoms with van der Waals surface area (Å²) in [6.07, 6.45) is 0. The quantitative estimate of drug-likeness (QED) is 0.233. The van der Waals surface area contributed by atoms with E-state index in [1.165, 1.54) is 70.9 Å². The molecule has 0 radical (unpaired) electrons. The molecule has 0 atom stereocenters. The molecule has 0 aromatic heterocycles. The van der Waals surface area contributed by atoms with E-state index in [0.29, 0.717) is 0 Å². The summed E-state index contributed by atoms with van der Waals surface area (Å²) >= 11 is 0. The molecule has 0 aliphatic rings. The van der Waals surface area contributed by atoms with Gasteiger partial charge in [-0.25, -0.2) is 0 Å². The van der Waals surface area contributed by atoms with E-state index in [9.17, 15) is 0 Å². The average Bonchev–Trinajstić information content (AvgIpc) is 2.91. The predicted molar refractivity (Wildman–Crippen MR) is 152 cm³/mol. The van der Waals surface area contributed by atoms with Crippen LogP contribution in [0.4, 0.5) is 0 Å². The molecule has 0 bridgehead atoms. The number of benzene rings is 7. The van der Waals surface area contributed by atoms with Crippen molar-refractivity contribution in [3.05, 3.63) is 133 Å². The van der Waals surface area contributed by atoms with E-state index in [4.69, 9.17) is 0 Å². The molecule has 0 nitrogen and oxygen atoms in total. The molecule has 35 heavy (non-hydrogen) atoms. The second kappa shape index (κ2) is 7.82. The third kappa shape index (κ3) is 3.15. The molecule has 0 aliphatic carbocycles. The van der Waals surface area contributed by atoms with E-state index in [1.54, 1.807) is 0 Å². The van der Waals surface area contributed by atoms with Crippen molar-refractivity contribution >= 4 is 43.1 Å². The van der Waals surface area contributed by atoms with Gasteiger partial charge in [0.25, 0.3) is 0 Å². The van der Waals surface area contributed by atoms with Gasteiger partial charge in [-0.1, -0.05) is 127 Å². The van der Waals surface area contributed by atoms with E-state index in [2.05, 4.69) is 134 Å². The van der Waals surface area contributed by atoms with Crippen LogP contribution >= 0.6 is 0 Å². The van der Waals surface area contributed by atoms with Crippen molar-refractivity contribution in [2.24, 2.45) is 0 Å². The number of hydrogen-bond donors (Lipinski definition) is 0. The van der Waals surface area contributed by atoms with Gasteiger partial charge in [-0.15, -0.1) is 0 Å². The minimum atomic E-state index is 1.26. The third-order valence-electron chi connectivity index (χ3n) is 7.27. The SMILES string of the molecule is Cc1ccc2cc(-c3c4ccccc4c(-c4cccc5ccccc45)c4ccccc34)ccc2c1. The molecule has 0 unspecified atom stereocenters. The predicted octanol–water partition coefficient (Wildman–Crippen LogP) is 9.94. The highest BCUT2D eigenvalue weighted by Crippen LogP contribution is 2.45. The minimum absolute atomic E-state index is 1.26. The van der Waals surface area contributed by atoms with Gasteiger partial charge in [-0.2, -0.15) is 0 Å². The highest BCUT2D eigenvalue weighted by atomic mass is 14.2. The Morgan fingerprint density at radius 2 is 0.914 bits per heavy atom. The van der Waals surface area contributed by atoms with Gasteiger partial charge in [0.1, 0.15) is 0 Å². The molecule has 0 heterocycles. The number of fused-ring (bicyclic) bond motifs is 4. The molecular formula is C35H24. The van der Waals surface area contributed by atoms with Gasteiger partial charge in [-0.3, -0.25) is 0 Å². The Bertz CT molecular complexity index is 1840. The lowest BCUT2D eigenvalue weighted by Gasteiger charge is -2.19. The van der Waals surface area contributed by atoms with Crippen LogP contribution in [0.25, 0.3) is 65.3 Å². The van der Waals surface area contributed by atoms with E-state index in [1.807, 2.05) is 0 Å². The maximum absolute atomic E-state index is 2.35. The lowest BCUT2D eigenvalue weighted by Crippen LogP contribution is -1.91. The van der Waals surface area contributed by atoms with E-state index >= 15 is 0 Å². The first kappa shape index (κ1) is 20.0. The van der Waals surface area contributed by atoms with Gasteiger partial charge in [0.15, 0.2) is 0 Å². The molecule has 0 spiro atoms. The van der Waals surface area contributed by atoms with Crippen LogP contribution in [0.2, 0.25) is 0 Å². The lowest BCUT2D eigenvalue weighted by atomic mass is 9.84. The zero-order valence-electron chi connectivity index (χ0n) is 19.6. The topological polar surface area (TPSA) is 0 Å². The van der Waals surface area contributed by atoms with Crippen LogP contribution in [-0.4, -0.2) is 0 Å². The highest BCUT2D eigenvalue weighted by Gasteiger charge is 2.17. The minimum Gasteiger partial charge on any atom is -0.0616 e. The van der Waals surface area contributed by atoms with Crippen molar-refractivity contribution in [3.63, 3.8) is 0 Å². The Kier molecular flexibility index (Phi) is 4.47. The van der Waals surface area contributed by atoms with Crippen LogP contribution in [-0.2, 0) is 0 Å². The van der Waals surface area contributed by atoms with Gasteiger partial charge in [0.2, 0.25) is 0 Å². The first-order valence-electron chi connectivity index (χ1n) is 12.2. The molecule has 7 aromatic rings. The van der Waals surface area contributed by atoms with Gasteiger partial charge >= 0.3 is 0 Å². The molecule has 0 saturated carbocycles.